The lowest BCUT2D eigenvalue weighted by molar-refractivity contribution is -0.114. The molecule has 0 aliphatic carbocycles. The van der Waals surface area contributed by atoms with E-state index in [2.05, 4.69) is 37.5 Å². The van der Waals surface area contributed by atoms with Crippen LogP contribution in [0.4, 0.5) is 11.4 Å². The quantitative estimate of drug-likeness (QED) is 0.809. The van der Waals surface area contributed by atoms with Crippen molar-refractivity contribution in [1.29, 1.82) is 0 Å². The molecule has 2 aromatic rings. The van der Waals surface area contributed by atoms with Crippen LogP contribution in [0.1, 0.15) is 43.6 Å². The molecule has 0 spiro atoms. The van der Waals surface area contributed by atoms with Crippen molar-refractivity contribution in [3.05, 3.63) is 59.7 Å². The zero-order chi connectivity index (χ0) is 17.7. The third-order valence-electron chi connectivity index (χ3n) is 3.75. The Morgan fingerprint density at radius 2 is 1.50 bits per heavy atom. The Hall–Kier alpha value is -2.62. The van der Waals surface area contributed by atoms with Gasteiger partial charge in [0, 0.05) is 11.3 Å². The van der Waals surface area contributed by atoms with Crippen LogP contribution in [0.2, 0.25) is 0 Å². The smallest absolute Gasteiger partial charge is 0.243 e. The molecule has 4 nitrogen and oxygen atoms in total. The number of carbonyl (C=O) groups is 2. The number of carbonyl (C=O) groups excluding carboxylic acids is 2. The summed E-state index contributed by atoms with van der Waals surface area (Å²) in [4.78, 5) is 23.9. The van der Waals surface area contributed by atoms with E-state index >= 15 is 0 Å². The van der Waals surface area contributed by atoms with Gasteiger partial charge in [-0.2, -0.15) is 0 Å². The average Bonchev–Trinajstić information content (AvgIpc) is 2.52. The van der Waals surface area contributed by atoms with Crippen LogP contribution in [-0.2, 0) is 10.2 Å². The van der Waals surface area contributed by atoms with Crippen LogP contribution in [0.3, 0.4) is 0 Å². The summed E-state index contributed by atoms with van der Waals surface area (Å²) >= 11 is 0. The molecule has 0 atom stereocenters. The Morgan fingerprint density at radius 1 is 0.917 bits per heavy atom. The van der Waals surface area contributed by atoms with Crippen molar-refractivity contribution in [1.82, 2.24) is 0 Å². The number of hydrogen-bond donors (Lipinski definition) is 2. The number of hydrogen-bond acceptors (Lipinski definition) is 3. The van der Waals surface area contributed by atoms with E-state index in [1.807, 2.05) is 18.2 Å². The summed E-state index contributed by atoms with van der Waals surface area (Å²) in [6.07, 6.45) is 0. The standard InChI is InChI=1S/C20H24N2O2/c1-14(23)15-9-5-7-11-17(15)22-19(24)13-21-18-12-8-6-10-16(18)20(2,3)4/h5-12,21H,13H2,1-4H3,(H,22,24). The Kier molecular flexibility index (Phi) is 5.39. The van der Waals surface area contributed by atoms with Gasteiger partial charge >= 0.3 is 0 Å². The van der Waals surface area contributed by atoms with Crippen molar-refractivity contribution in [3.63, 3.8) is 0 Å². The number of benzene rings is 2. The van der Waals surface area contributed by atoms with Gasteiger partial charge in [-0.25, -0.2) is 0 Å². The highest BCUT2D eigenvalue weighted by Gasteiger charge is 2.17. The molecule has 24 heavy (non-hydrogen) atoms. The first-order valence-electron chi connectivity index (χ1n) is 8.02. The fraction of sp³-hybridized carbons (Fsp3) is 0.300. The van der Waals surface area contributed by atoms with Gasteiger partial charge in [0.2, 0.25) is 5.91 Å². The monoisotopic (exact) mass is 324 g/mol. The fourth-order valence-electron chi connectivity index (χ4n) is 2.56. The molecule has 0 aromatic heterocycles. The second kappa shape index (κ2) is 7.30. The van der Waals surface area contributed by atoms with E-state index in [1.54, 1.807) is 24.3 Å². The van der Waals surface area contributed by atoms with Crippen LogP contribution in [0.25, 0.3) is 0 Å². The molecule has 4 heteroatoms. The number of nitrogens with one attached hydrogen (secondary N) is 2. The Balaban J connectivity index is 2.07. The molecule has 0 saturated heterocycles. The summed E-state index contributed by atoms with van der Waals surface area (Å²) in [6.45, 7) is 8.03. The van der Waals surface area contributed by atoms with Gasteiger partial charge in [0.1, 0.15) is 0 Å². The van der Waals surface area contributed by atoms with Gasteiger partial charge in [0.05, 0.1) is 12.2 Å². The summed E-state index contributed by atoms with van der Waals surface area (Å²) in [5.74, 6) is -0.260. The van der Waals surface area contributed by atoms with Crippen molar-refractivity contribution in [2.45, 2.75) is 33.1 Å². The minimum absolute atomic E-state index is 0.0126. The van der Waals surface area contributed by atoms with Gasteiger partial charge in [0.15, 0.2) is 5.78 Å². The third-order valence-corrected chi connectivity index (χ3v) is 3.75. The van der Waals surface area contributed by atoms with Crippen LogP contribution < -0.4 is 10.6 Å². The summed E-state index contributed by atoms with van der Waals surface area (Å²) in [6, 6.07) is 15.0. The predicted octanol–water partition coefficient (Wildman–Crippen LogP) is 4.24. The maximum atomic E-state index is 12.2. The topological polar surface area (TPSA) is 58.2 Å². The number of rotatable bonds is 5. The highest BCUT2D eigenvalue weighted by Crippen LogP contribution is 2.29. The number of para-hydroxylation sites is 2. The third kappa shape index (κ3) is 4.44. The molecule has 2 aromatic carbocycles. The van der Waals surface area contributed by atoms with Crippen molar-refractivity contribution >= 4 is 23.1 Å². The van der Waals surface area contributed by atoms with Crippen LogP contribution >= 0.6 is 0 Å². The highest BCUT2D eigenvalue weighted by molar-refractivity contribution is 6.04. The van der Waals surface area contributed by atoms with Gasteiger partial charge in [-0.05, 0) is 36.1 Å². The minimum Gasteiger partial charge on any atom is -0.376 e. The van der Waals surface area contributed by atoms with E-state index in [1.165, 1.54) is 6.92 Å². The van der Waals surface area contributed by atoms with Crippen LogP contribution in [0, 0.1) is 0 Å². The van der Waals surface area contributed by atoms with Crippen LogP contribution in [0.15, 0.2) is 48.5 Å². The molecule has 0 fully saturated rings. The molecule has 0 unspecified atom stereocenters. The van der Waals surface area contributed by atoms with Gasteiger partial charge in [-0.3, -0.25) is 9.59 Å². The van der Waals surface area contributed by atoms with Gasteiger partial charge < -0.3 is 10.6 Å². The lowest BCUT2D eigenvalue weighted by atomic mass is 9.86. The molecule has 2 N–H and O–H groups in total. The number of Topliss-reactive ketones (excluding diaryl/α,β-unsaturated/α-hetero) is 1. The highest BCUT2D eigenvalue weighted by atomic mass is 16.2. The van der Waals surface area contributed by atoms with Gasteiger partial charge in [0.25, 0.3) is 0 Å². The fourth-order valence-corrected chi connectivity index (χ4v) is 2.56. The number of ketones is 1. The first kappa shape index (κ1) is 17.7. The Morgan fingerprint density at radius 3 is 2.12 bits per heavy atom. The van der Waals surface area contributed by atoms with Gasteiger partial charge in [-0.15, -0.1) is 0 Å². The van der Waals surface area contributed by atoms with E-state index in [0.29, 0.717) is 11.3 Å². The molecule has 0 heterocycles. The largest absolute Gasteiger partial charge is 0.376 e. The summed E-state index contributed by atoms with van der Waals surface area (Å²) in [5, 5.41) is 5.99. The zero-order valence-corrected chi connectivity index (χ0v) is 14.6. The van der Waals surface area contributed by atoms with Crippen molar-refractivity contribution in [3.8, 4) is 0 Å². The zero-order valence-electron chi connectivity index (χ0n) is 14.6. The minimum atomic E-state index is -0.188. The molecule has 0 radical (unpaired) electrons. The molecule has 126 valence electrons. The van der Waals surface area contributed by atoms with Crippen molar-refractivity contribution < 1.29 is 9.59 Å². The Bertz CT molecular complexity index is 745. The van der Waals surface area contributed by atoms with Gasteiger partial charge in [-0.1, -0.05) is 51.1 Å². The second-order valence-electron chi connectivity index (χ2n) is 6.80. The molecular weight excluding hydrogens is 300 g/mol. The summed E-state index contributed by atoms with van der Waals surface area (Å²) < 4.78 is 0. The first-order chi connectivity index (χ1) is 11.3. The van der Waals surface area contributed by atoms with Crippen molar-refractivity contribution in [2.75, 3.05) is 17.2 Å². The molecule has 0 aliphatic heterocycles. The first-order valence-corrected chi connectivity index (χ1v) is 8.02. The van der Waals surface area contributed by atoms with E-state index in [9.17, 15) is 9.59 Å². The van der Waals surface area contributed by atoms with Crippen LogP contribution in [-0.4, -0.2) is 18.2 Å². The lowest BCUT2D eigenvalue weighted by Gasteiger charge is -2.23. The van der Waals surface area contributed by atoms with E-state index in [-0.39, 0.29) is 23.7 Å². The van der Waals surface area contributed by atoms with Crippen LogP contribution in [0.5, 0.6) is 0 Å². The SMILES string of the molecule is CC(=O)c1ccccc1NC(=O)CNc1ccccc1C(C)(C)C. The van der Waals surface area contributed by atoms with E-state index in [0.717, 1.165) is 11.3 Å². The van der Waals surface area contributed by atoms with Crippen molar-refractivity contribution in [2.24, 2.45) is 0 Å². The predicted molar refractivity (Wildman–Crippen MR) is 98.7 cm³/mol. The molecule has 0 aliphatic rings. The summed E-state index contributed by atoms with van der Waals surface area (Å²) in [7, 11) is 0. The second-order valence-corrected chi connectivity index (χ2v) is 6.80. The molecular formula is C20H24N2O2. The maximum absolute atomic E-state index is 12.2. The molecule has 0 bridgehead atoms. The molecule has 1 amide bonds. The maximum Gasteiger partial charge on any atom is 0.243 e. The lowest BCUT2D eigenvalue weighted by Crippen LogP contribution is -2.24. The summed E-state index contributed by atoms with van der Waals surface area (Å²) in [5.41, 5.74) is 3.14. The number of amides is 1. The average molecular weight is 324 g/mol. The number of anilines is 2. The Labute approximate surface area is 143 Å². The molecule has 0 saturated carbocycles. The van der Waals surface area contributed by atoms with E-state index in [4.69, 9.17) is 0 Å². The van der Waals surface area contributed by atoms with E-state index < -0.39 is 0 Å². The normalized spacial score (nSPS) is 11.0. The molecule has 2 rings (SSSR count).